The van der Waals surface area contributed by atoms with Crippen LogP contribution in [0.3, 0.4) is 0 Å². The van der Waals surface area contributed by atoms with Crippen LogP contribution in [0.2, 0.25) is 0 Å². The number of aryl methyl sites for hydroxylation is 1. The molecule has 0 saturated heterocycles. The average molecular weight is 262 g/mol. The molecule has 0 radical (unpaired) electrons. The van der Waals surface area contributed by atoms with Gasteiger partial charge in [0.05, 0.1) is 6.04 Å². The molecule has 2 rings (SSSR count). The van der Waals surface area contributed by atoms with Gasteiger partial charge in [-0.3, -0.25) is 9.89 Å². The molecule has 1 unspecified atom stereocenters. The van der Waals surface area contributed by atoms with Crippen LogP contribution in [0.1, 0.15) is 19.8 Å². The second kappa shape index (κ2) is 5.66. The van der Waals surface area contributed by atoms with E-state index in [1.165, 1.54) is 0 Å². The molecule has 0 saturated carbocycles. The summed E-state index contributed by atoms with van der Waals surface area (Å²) in [5.41, 5.74) is 6.48. The number of H-pyrrole nitrogens is 1. The average Bonchev–Trinajstić information content (AvgIpc) is 2.98. The molecule has 2 aromatic heterocycles. The Kier molecular flexibility index (Phi) is 3.96. The number of carbonyl (C=O) groups excluding carboxylic acids is 1. The fourth-order valence-electron chi connectivity index (χ4n) is 1.79. The molecular formula is C12H18N6O. The van der Waals surface area contributed by atoms with E-state index in [-0.39, 0.29) is 5.91 Å². The minimum absolute atomic E-state index is 0.222. The van der Waals surface area contributed by atoms with Crippen molar-refractivity contribution in [2.75, 3.05) is 5.32 Å². The Labute approximate surface area is 111 Å². The zero-order valence-corrected chi connectivity index (χ0v) is 11.1. The van der Waals surface area contributed by atoms with Crippen LogP contribution in [0.5, 0.6) is 0 Å². The van der Waals surface area contributed by atoms with E-state index in [0.29, 0.717) is 12.2 Å². The molecule has 0 spiro atoms. The lowest BCUT2D eigenvalue weighted by Crippen LogP contribution is -2.35. The lowest BCUT2D eigenvalue weighted by atomic mass is 10.2. The summed E-state index contributed by atoms with van der Waals surface area (Å²) in [5, 5.41) is 9.55. The molecule has 4 N–H and O–H groups in total. The third kappa shape index (κ3) is 3.00. The molecule has 0 bridgehead atoms. The fraction of sp³-hybridized carbons (Fsp3) is 0.417. The summed E-state index contributed by atoms with van der Waals surface area (Å²) < 4.78 is 1.86. The number of nitrogens with zero attached hydrogens (tertiary/aromatic N) is 3. The number of hydrogen-bond donors (Lipinski definition) is 3. The van der Waals surface area contributed by atoms with E-state index in [0.717, 1.165) is 17.9 Å². The molecule has 1 amide bonds. The summed E-state index contributed by atoms with van der Waals surface area (Å²) in [5.74, 6) is 0.986. The molecule has 19 heavy (non-hydrogen) atoms. The molecule has 0 aliphatic rings. The van der Waals surface area contributed by atoms with Crippen LogP contribution in [0, 0.1) is 0 Å². The quantitative estimate of drug-likeness (QED) is 0.744. The van der Waals surface area contributed by atoms with E-state index in [4.69, 9.17) is 5.73 Å². The number of nitrogens with two attached hydrogens (primary N) is 1. The summed E-state index contributed by atoms with van der Waals surface area (Å²) in [6.07, 6.45) is 5.06. The zero-order chi connectivity index (χ0) is 13.8. The highest BCUT2D eigenvalue weighted by atomic mass is 16.2. The molecule has 7 nitrogen and oxygen atoms in total. The van der Waals surface area contributed by atoms with Crippen LogP contribution in [-0.2, 0) is 11.8 Å². The maximum Gasteiger partial charge on any atom is 0.242 e. The molecule has 0 aliphatic heterocycles. The van der Waals surface area contributed by atoms with Crippen molar-refractivity contribution in [1.29, 1.82) is 0 Å². The van der Waals surface area contributed by atoms with Gasteiger partial charge in [0.15, 0.2) is 11.6 Å². The minimum Gasteiger partial charge on any atom is -0.333 e. The number of hydrogen-bond acceptors (Lipinski definition) is 4. The standard InChI is InChI=1S/C12H18N6O/c1-3-4-8(13)12(19)15-10-7-9(16-17-10)11-14-5-6-18(11)2/h5-8H,3-4,13H2,1-2H3,(H2,15,16,17,19). The first-order chi connectivity index (χ1) is 9.11. The van der Waals surface area contributed by atoms with Gasteiger partial charge in [0.1, 0.15) is 5.69 Å². The summed E-state index contributed by atoms with van der Waals surface area (Å²) in [6.45, 7) is 1.99. The van der Waals surface area contributed by atoms with E-state index in [1.807, 2.05) is 24.7 Å². The van der Waals surface area contributed by atoms with Crippen LogP contribution in [-0.4, -0.2) is 31.7 Å². The highest BCUT2D eigenvalue weighted by Crippen LogP contribution is 2.17. The molecule has 0 fully saturated rings. The second-order valence-corrected chi connectivity index (χ2v) is 4.41. The van der Waals surface area contributed by atoms with Gasteiger partial charge >= 0.3 is 0 Å². The van der Waals surface area contributed by atoms with Gasteiger partial charge in [0, 0.05) is 25.5 Å². The number of rotatable bonds is 5. The Morgan fingerprint density at radius 1 is 1.63 bits per heavy atom. The van der Waals surface area contributed by atoms with Crippen LogP contribution >= 0.6 is 0 Å². The predicted octanol–water partition coefficient (Wildman–Crippen LogP) is 0.876. The minimum atomic E-state index is -0.502. The maximum absolute atomic E-state index is 11.8. The summed E-state index contributed by atoms with van der Waals surface area (Å²) in [7, 11) is 1.89. The first-order valence-electron chi connectivity index (χ1n) is 6.21. The Bertz CT molecular complexity index is 558. The first kappa shape index (κ1) is 13.3. The van der Waals surface area contributed by atoms with Gasteiger partial charge in [-0.2, -0.15) is 5.10 Å². The van der Waals surface area contributed by atoms with Gasteiger partial charge in [-0.15, -0.1) is 0 Å². The van der Waals surface area contributed by atoms with Crippen LogP contribution in [0.4, 0.5) is 5.82 Å². The second-order valence-electron chi connectivity index (χ2n) is 4.41. The molecule has 0 aromatic carbocycles. The zero-order valence-electron chi connectivity index (χ0n) is 11.1. The largest absolute Gasteiger partial charge is 0.333 e. The number of carbonyl (C=O) groups is 1. The van der Waals surface area contributed by atoms with Crippen molar-refractivity contribution in [2.24, 2.45) is 12.8 Å². The van der Waals surface area contributed by atoms with E-state index < -0.39 is 6.04 Å². The number of anilines is 1. The number of imidazole rings is 1. The van der Waals surface area contributed by atoms with Crippen molar-refractivity contribution in [1.82, 2.24) is 19.7 Å². The van der Waals surface area contributed by atoms with Gasteiger partial charge in [-0.1, -0.05) is 13.3 Å². The Morgan fingerprint density at radius 2 is 2.42 bits per heavy atom. The molecule has 7 heteroatoms. The lowest BCUT2D eigenvalue weighted by molar-refractivity contribution is -0.117. The highest BCUT2D eigenvalue weighted by Gasteiger charge is 2.14. The first-order valence-corrected chi connectivity index (χ1v) is 6.21. The third-order valence-electron chi connectivity index (χ3n) is 2.83. The fourth-order valence-corrected chi connectivity index (χ4v) is 1.79. The van der Waals surface area contributed by atoms with Gasteiger partial charge in [0.25, 0.3) is 0 Å². The van der Waals surface area contributed by atoms with Crippen LogP contribution < -0.4 is 11.1 Å². The number of amides is 1. The van der Waals surface area contributed by atoms with Crippen molar-refractivity contribution in [3.8, 4) is 11.5 Å². The third-order valence-corrected chi connectivity index (χ3v) is 2.83. The van der Waals surface area contributed by atoms with Crippen molar-refractivity contribution in [3.63, 3.8) is 0 Å². The van der Waals surface area contributed by atoms with Crippen molar-refractivity contribution in [3.05, 3.63) is 18.5 Å². The number of nitrogens with one attached hydrogen (secondary N) is 2. The van der Waals surface area contributed by atoms with Gasteiger partial charge in [0.2, 0.25) is 5.91 Å². The molecule has 102 valence electrons. The Hall–Kier alpha value is -2.15. The van der Waals surface area contributed by atoms with Crippen LogP contribution in [0.15, 0.2) is 18.5 Å². The number of aromatic nitrogens is 4. The predicted molar refractivity (Wildman–Crippen MR) is 72.3 cm³/mol. The van der Waals surface area contributed by atoms with Crippen molar-refractivity contribution in [2.45, 2.75) is 25.8 Å². The molecule has 1 atom stereocenters. The van der Waals surface area contributed by atoms with Gasteiger partial charge < -0.3 is 15.6 Å². The summed E-state index contributed by atoms with van der Waals surface area (Å²) in [4.78, 5) is 16.0. The van der Waals surface area contributed by atoms with E-state index in [1.54, 1.807) is 12.3 Å². The Balaban J connectivity index is 2.06. The normalized spacial score (nSPS) is 12.4. The van der Waals surface area contributed by atoms with Crippen molar-refractivity contribution >= 4 is 11.7 Å². The Morgan fingerprint density at radius 3 is 3.05 bits per heavy atom. The smallest absolute Gasteiger partial charge is 0.242 e. The molecule has 2 heterocycles. The number of aromatic amines is 1. The summed E-state index contributed by atoms with van der Waals surface area (Å²) in [6, 6.07) is 1.23. The lowest BCUT2D eigenvalue weighted by Gasteiger charge is -2.08. The van der Waals surface area contributed by atoms with E-state index in [9.17, 15) is 4.79 Å². The van der Waals surface area contributed by atoms with Gasteiger partial charge in [-0.05, 0) is 6.42 Å². The van der Waals surface area contributed by atoms with E-state index in [2.05, 4.69) is 20.5 Å². The van der Waals surface area contributed by atoms with E-state index >= 15 is 0 Å². The summed E-state index contributed by atoms with van der Waals surface area (Å²) >= 11 is 0. The maximum atomic E-state index is 11.8. The SMILES string of the molecule is CCCC(N)C(=O)Nc1cc(-c2nccn2C)[nH]n1. The highest BCUT2D eigenvalue weighted by molar-refractivity contribution is 5.94. The molecule has 2 aromatic rings. The monoisotopic (exact) mass is 262 g/mol. The molecular weight excluding hydrogens is 244 g/mol. The van der Waals surface area contributed by atoms with Crippen molar-refractivity contribution < 1.29 is 4.79 Å². The van der Waals surface area contributed by atoms with Gasteiger partial charge in [-0.25, -0.2) is 4.98 Å². The topological polar surface area (TPSA) is 102 Å². The molecule has 0 aliphatic carbocycles. The van der Waals surface area contributed by atoms with Crippen LogP contribution in [0.25, 0.3) is 11.5 Å².